The van der Waals surface area contributed by atoms with Gasteiger partial charge in [-0.2, -0.15) is 0 Å². The zero-order chi connectivity index (χ0) is 36.3. The van der Waals surface area contributed by atoms with Gasteiger partial charge in [0.05, 0.1) is 11.0 Å². The highest BCUT2D eigenvalue weighted by Crippen LogP contribution is 2.44. The van der Waals surface area contributed by atoms with Gasteiger partial charge in [0.25, 0.3) is 0 Å². The summed E-state index contributed by atoms with van der Waals surface area (Å²) < 4.78 is 9.05. The Bertz CT molecular complexity index is 3190. The summed E-state index contributed by atoms with van der Waals surface area (Å²) in [6.45, 7) is 0. The van der Waals surface area contributed by atoms with Gasteiger partial charge in [-0.15, -0.1) is 0 Å². The molecule has 0 aliphatic carbocycles. The van der Waals surface area contributed by atoms with Crippen LogP contribution in [0.2, 0.25) is 0 Å². The lowest BCUT2D eigenvalue weighted by atomic mass is 9.92. The minimum Gasteiger partial charge on any atom is -0.435 e. The fourth-order valence-corrected chi connectivity index (χ4v) is 8.29. The molecule has 55 heavy (non-hydrogen) atoms. The van der Waals surface area contributed by atoms with Crippen LogP contribution < -0.4 is 4.90 Å². The van der Waals surface area contributed by atoms with E-state index in [4.69, 9.17) is 9.40 Å². The lowest BCUT2D eigenvalue weighted by Gasteiger charge is -2.26. The summed E-state index contributed by atoms with van der Waals surface area (Å²) in [5.41, 5.74) is 11.6. The average Bonchev–Trinajstić information content (AvgIpc) is 3.84. The van der Waals surface area contributed by atoms with Crippen molar-refractivity contribution in [2.75, 3.05) is 4.90 Å². The Hall–Kier alpha value is -7.43. The third kappa shape index (κ3) is 5.11. The molecule has 0 saturated carbocycles. The molecule has 0 fully saturated rings. The Morgan fingerprint density at radius 3 is 1.82 bits per heavy atom. The van der Waals surface area contributed by atoms with Gasteiger partial charge in [0.15, 0.2) is 5.58 Å². The van der Waals surface area contributed by atoms with Gasteiger partial charge in [-0.3, -0.25) is 0 Å². The predicted molar refractivity (Wildman–Crippen MR) is 229 cm³/mol. The molecule has 11 aromatic rings. The van der Waals surface area contributed by atoms with E-state index in [1.807, 2.05) is 30.3 Å². The number of benzene rings is 9. The van der Waals surface area contributed by atoms with E-state index in [1.54, 1.807) is 0 Å². The van der Waals surface area contributed by atoms with E-state index in [9.17, 15) is 0 Å². The Morgan fingerprint density at radius 1 is 0.436 bits per heavy atom. The Kier molecular flexibility index (Phi) is 7.14. The summed E-state index contributed by atoms with van der Waals surface area (Å²) in [6.07, 6.45) is 0. The van der Waals surface area contributed by atoms with Crippen LogP contribution in [-0.2, 0) is 0 Å². The number of para-hydroxylation sites is 3. The first kappa shape index (κ1) is 31.1. The maximum absolute atomic E-state index is 6.69. The van der Waals surface area contributed by atoms with E-state index in [2.05, 4.69) is 179 Å². The van der Waals surface area contributed by atoms with Gasteiger partial charge in [-0.25, -0.2) is 4.98 Å². The molecule has 0 bridgehead atoms. The summed E-state index contributed by atoms with van der Waals surface area (Å²) in [5, 5.41) is 6.84. The Labute approximate surface area is 317 Å². The molecule has 0 spiro atoms. The molecule has 0 N–H and O–H groups in total. The van der Waals surface area contributed by atoms with E-state index in [1.165, 1.54) is 32.9 Å². The van der Waals surface area contributed by atoms with E-state index < -0.39 is 0 Å². The predicted octanol–water partition coefficient (Wildman–Crippen LogP) is 14.0. The van der Waals surface area contributed by atoms with Crippen LogP contribution in [0.4, 0.5) is 17.1 Å². The summed E-state index contributed by atoms with van der Waals surface area (Å²) >= 11 is 0. The first-order chi connectivity index (χ1) is 27.3. The molecule has 0 atom stereocenters. The molecule has 0 aliphatic rings. The second kappa shape index (κ2) is 12.6. The molecule has 0 unspecified atom stereocenters. The minimum atomic E-state index is 0.619. The quantitative estimate of drug-likeness (QED) is 0.162. The van der Waals surface area contributed by atoms with Crippen molar-refractivity contribution in [2.24, 2.45) is 0 Å². The smallest absolute Gasteiger partial charge is 0.227 e. The first-order valence-corrected chi connectivity index (χ1v) is 18.6. The zero-order valence-electron chi connectivity index (χ0n) is 29.8. The summed E-state index contributed by atoms with van der Waals surface area (Å²) in [5.74, 6) is 0.619. The normalized spacial score (nSPS) is 11.6. The maximum atomic E-state index is 6.69. The molecular weight excluding hydrogens is 671 g/mol. The van der Waals surface area contributed by atoms with Crippen molar-refractivity contribution in [3.8, 4) is 28.3 Å². The fraction of sp³-hybridized carbons (Fsp3) is 0. The van der Waals surface area contributed by atoms with Gasteiger partial charge in [-0.1, -0.05) is 115 Å². The largest absolute Gasteiger partial charge is 0.435 e. The van der Waals surface area contributed by atoms with Crippen LogP contribution in [0, 0.1) is 0 Å². The zero-order valence-corrected chi connectivity index (χ0v) is 29.8. The van der Waals surface area contributed by atoms with Gasteiger partial charge in [0.2, 0.25) is 5.89 Å². The van der Waals surface area contributed by atoms with E-state index in [0.29, 0.717) is 5.89 Å². The second-order valence-electron chi connectivity index (χ2n) is 14.0. The van der Waals surface area contributed by atoms with Gasteiger partial charge < -0.3 is 13.9 Å². The molecule has 0 aliphatic heterocycles. The van der Waals surface area contributed by atoms with Crippen LogP contribution in [-0.4, -0.2) is 9.55 Å². The molecule has 0 amide bonds. The molecule has 2 heterocycles. The topological polar surface area (TPSA) is 34.2 Å². The number of nitrogens with zero attached hydrogens (tertiary/aromatic N) is 3. The Morgan fingerprint density at radius 2 is 1.05 bits per heavy atom. The average molecular weight is 704 g/mol. The van der Waals surface area contributed by atoms with Crippen molar-refractivity contribution >= 4 is 71.5 Å². The maximum Gasteiger partial charge on any atom is 0.227 e. The number of oxazole rings is 1. The van der Waals surface area contributed by atoms with Crippen molar-refractivity contribution in [2.45, 2.75) is 0 Å². The van der Waals surface area contributed by atoms with Crippen LogP contribution in [0.15, 0.2) is 205 Å². The van der Waals surface area contributed by atoms with Gasteiger partial charge in [0.1, 0.15) is 5.52 Å². The lowest BCUT2D eigenvalue weighted by Crippen LogP contribution is -2.10. The molecule has 4 heteroatoms. The van der Waals surface area contributed by atoms with Gasteiger partial charge >= 0.3 is 0 Å². The molecule has 9 aromatic carbocycles. The SMILES string of the molecule is c1ccc(-c2nc3ccc4cc(-c5ccccc5)c5ccc(N(c6ccccc6)c6ccc7c(c6)c6ccccc6n7-c6ccccc6)cc5c4c3o2)cc1. The highest BCUT2D eigenvalue weighted by molar-refractivity contribution is 6.22. The fourth-order valence-electron chi connectivity index (χ4n) is 8.29. The Balaban J connectivity index is 1.18. The number of anilines is 3. The van der Waals surface area contributed by atoms with Crippen molar-refractivity contribution in [1.82, 2.24) is 9.55 Å². The third-order valence-electron chi connectivity index (χ3n) is 10.8. The number of aromatic nitrogens is 2. The van der Waals surface area contributed by atoms with Gasteiger partial charge in [0, 0.05) is 44.5 Å². The molecule has 0 radical (unpaired) electrons. The molecule has 2 aromatic heterocycles. The van der Waals surface area contributed by atoms with Crippen LogP contribution in [0.5, 0.6) is 0 Å². The highest BCUT2D eigenvalue weighted by Gasteiger charge is 2.21. The summed E-state index contributed by atoms with van der Waals surface area (Å²) in [6, 6.07) is 71.0. The van der Waals surface area contributed by atoms with Gasteiger partial charge in [-0.05, 0) is 112 Å². The molecule has 11 rings (SSSR count). The van der Waals surface area contributed by atoms with Crippen molar-refractivity contribution < 1.29 is 4.42 Å². The first-order valence-electron chi connectivity index (χ1n) is 18.6. The third-order valence-corrected chi connectivity index (χ3v) is 10.8. The van der Waals surface area contributed by atoms with Crippen molar-refractivity contribution in [1.29, 1.82) is 0 Å². The van der Waals surface area contributed by atoms with Crippen LogP contribution >= 0.6 is 0 Å². The van der Waals surface area contributed by atoms with E-state index in [0.717, 1.165) is 61.0 Å². The van der Waals surface area contributed by atoms with Crippen LogP contribution in [0.25, 0.3) is 82.7 Å². The lowest BCUT2D eigenvalue weighted by molar-refractivity contribution is 0.623. The monoisotopic (exact) mass is 703 g/mol. The van der Waals surface area contributed by atoms with E-state index in [-0.39, 0.29) is 0 Å². The van der Waals surface area contributed by atoms with Crippen molar-refractivity contribution in [3.05, 3.63) is 200 Å². The van der Waals surface area contributed by atoms with Crippen molar-refractivity contribution in [3.63, 3.8) is 0 Å². The number of hydrogen-bond acceptors (Lipinski definition) is 3. The standard InChI is InChI=1S/C51H33N3O/c1-5-15-34(16-6-1)43-31-36-25-29-46-50(55-51(52-46)35-17-7-2-8-18-35)49(36)45-33-39(26-28-41(43)45)53(37-19-9-3-10-20-37)40-27-30-48-44(32-40)42-23-13-14-24-47(42)54(48)38-21-11-4-12-22-38/h1-33H. The summed E-state index contributed by atoms with van der Waals surface area (Å²) in [7, 11) is 0. The molecule has 4 nitrogen and oxygen atoms in total. The second-order valence-corrected chi connectivity index (χ2v) is 14.0. The number of hydrogen-bond donors (Lipinski definition) is 0. The molecular formula is C51H33N3O. The van der Waals surface area contributed by atoms with E-state index >= 15 is 0 Å². The van der Waals surface area contributed by atoms with Crippen LogP contribution in [0.1, 0.15) is 0 Å². The molecule has 258 valence electrons. The highest BCUT2D eigenvalue weighted by atomic mass is 16.3. The number of rotatable bonds is 6. The number of fused-ring (bicyclic) bond motifs is 8. The molecule has 0 saturated heterocycles. The summed E-state index contributed by atoms with van der Waals surface area (Å²) in [4.78, 5) is 7.34. The van der Waals surface area contributed by atoms with Crippen LogP contribution in [0.3, 0.4) is 0 Å². The minimum absolute atomic E-state index is 0.619.